The zero-order chi connectivity index (χ0) is 23.0. The molecule has 176 valence electrons. The summed E-state index contributed by atoms with van der Waals surface area (Å²) >= 11 is -5.56. The summed E-state index contributed by atoms with van der Waals surface area (Å²) in [6.45, 7) is 13.7. The Balaban J connectivity index is 6.74. The van der Waals surface area contributed by atoms with E-state index in [4.69, 9.17) is 11.4 Å². The van der Waals surface area contributed by atoms with E-state index in [0.29, 0.717) is 0 Å². The number of hydrogen-bond donors (Lipinski definition) is 0. The van der Waals surface area contributed by atoms with Gasteiger partial charge in [-0.1, -0.05) is 0 Å². The van der Waals surface area contributed by atoms with Gasteiger partial charge in [-0.05, 0) is 0 Å². The van der Waals surface area contributed by atoms with Gasteiger partial charge in [0.15, 0.2) is 0 Å². The molecule has 0 atom stereocenters. The standard InChI is InChI=1S/4C4H11O2P.Sn/c4*1-3-7(5,6)4-2;/h4*3-4H2,1-2H3,(H,5,6);/q;;;;+4/p-4. The Morgan fingerprint density at radius 1 is 0.414 bits per heavy atom. The van der Waals surface area contributed by atoms with Crippen LogP contribution in [0.4, 0.5) is 0 Å². The molecule has 0 aliphatic rings. The average molecular weight is 603 g/mol. The molecule has 0 saturated carbocycles. The molecule has 0 amide bonds. The fourth-order valence-corrected chi connectivity index (χ4v) is 35.5. The van der Waals surface area contributed by atoms with Gasteiger partial charge in [-0.2, -0.15) is 0 Å². The monoisotopic (exact) mass is 604 g/mol. The fourth-order valence-electron chi connectivity index (χ4n) is 2.33. The summed E-state index contributed by atoms with van der Waals surface area (Å²) in [4.78, 5) is 0. The quantitative estimate of drug-likeness (QED) is 0.141. The van der Waals surface area contributed by atoms with E-state index in [2.05, 4.69) is 0 Å². The van der Waals surface area contributed by atoms with Crippen molar-refractivity contribution >= 4 is 49.5 Å². The molecule has 0 bridgehead atoms. The van der Waals surface area contributed by atoms with Crippen molar-refractivity contribution in [1.82, 2.24) is 0 Å². The molecule has 0 radical (unpaired) electrons. The van der Waals surface area contributed by atoms with Gasteiger partial charge in [0.2, 0.25) is 0 Å². The van der Waals surface area contributed by atoms with Crippen LogP contribution >= 0.6 is 29.5 Å². The minimum atomic E-state index is -5.56. The van der Waals surface area contributed by atoms with Crippen molar-refractivity contribution in [2.24, 2.45) is 0 Å². The number of hydrogen-bond acceptors (Lipinski definition) is 8. The Kier molecular flexibility index (Phi) is 13.4. The van der Waals surface area contributed by atoms with Crippen molar-refractivity contribution in [3.8, 4) is 0 Å². The van der Waals surface area contributed by atoms with Gasteiger partial charge < -0.3 is 0 Å². The first kappa shape index (κ1) is 30.6. The van der Waals surface area contributed by atoms with Crippen molar-refractivity contribution < 1.29 is 29.7 Å². The third-order valence-corrected chi connectivity index (χ3v) is 34.0. The van der Waals surface area contributed by atoms with Crippen LogP contribution in [0.25, 0.3) is 0 Å². The van der Waals surface area contributed by atoms with E-state index < -0.39 is 49.5 Å². The van der Waals surface area contributed by atoms with E-state index in [1.165, 1.54) is 0 Å². The van der Waals surface area contributed by atoms with E-state index in [9.17, 15) is 18.3 Å². The average Bonchev–Trinajstić information content (AvgIpc) is 2.73. The Hall–Kier alpha value is 1.56. The molecule has 0 unspecified atom stereocenters. The van der Waals surface area contributed by atoms with Crippen LogP contribution in [-0.2, 0) is 29.7 Å². The Labute approximate surface area is 183 Å². The van der Waals surface area contributed by atoms with Crippen molar-refractivity contribution in [2.75, 3.05) is 49.3 Å². The molecule has 0 heterocycles. The first-order chi connectivity index (χ1) is 13.3. The molecule has 0 aromatic heterocycles. The second-order valence-corrected chi connectivity index (χ2v) is 28.1. The van der Waals surface area contributed by atoms with Crippen molar-refractivity contribution in [3.05, 3.63) is 0 Å². The van der Waals surface area contributed by atoms with Crippen molar-refractivity contribution in [3.63, 3.8) is 0 Å². The van der Waals surface area contributed by atoms with Crippen LogP contribution in [0.2, 0.25) is 0 Å². The van der Waals surface area contributed by atoms with Crippen LogP contribution in [0.1, 0.15) is 55.4 Å². The van der Waals surface area contributed by atoms with Gasteiger partial charge in [0.25, 0.3) is 0 Å². The maximum absolute atomic E-state index is 13.3. The molecule has 0 aliphatic carbocycles. The molecule has 0 aromatic carbocycles. The molecule has 8 nitrogen and oxygen atoms in total. The van der Waals surface area contributed by atoms with Gasteiger partial charge in [-0.15, -0.1) is 0 Å². The predicted octanol–water partition coefficient (Wildman–Crippen LogP) is 6.76. The molecule has 0 aliphatic heterocycles. The zero-order valence-corrected chi connectivity index (χ0v) is 25.6. The van der Waals surface area contributed by atoms with Crippen LogP contribution in [0, 0.1) is 0 Å². The summed E-state index contributed by atoms with van der Waals surface area (Å²) in [5.41, 5.74) is 0. The molecule has 13 heteroatoms. The topological polar surface area (TPSA) is 105 Å². The van der Waals surface area contributed by atoms with E-state index in [0.717, 1.165) is 0 Å². The maximum atomic E-state index is 13.3. The van der Waals surface area contributed by atoms with Gasteiger partial charge in [0, 0.05) is 0 Å². The summed E-state index contributed by atoms with van der Waals surface area (Å²) in [7, 11) is -13.1. The van der Waals surface area contributed by atoms with Crippen LogP contribution in [0.15, 0.2) is 0 Å². The first-order valence-electron chi connectivity index (χ1n) is 10.5. The van der Waals surface area contributed by atoms with Gasteiger partial charge in [0.05, 0.1) is 0 Å². The van der Waals surface area contributed by atoms with Crippen LogP contribution < -0.4 is 0 Å². The van der Waals surface area contributed by atoms with Gasteiger partial charge in [-0.3, -0.25) is 0 Å². The third kappa shape index (κ3) is 9.14. The molecule has 0 aromatic rings. The number of rotatable bonds is 16. The van der Waals surface area contributed by atoms with Gasteiger partial charge >= 0.3 is 184 Å². The normalized spacial score (nSPS) is 14.3. The van der Waals surface area contributed by atoms with Gasteiger partial charge in [-0.25, -0.2) is 0 Å². The SMILES string of the molecule is CCP(=O)(CC)[O][Sn]([O]P(=O)(CC)CC)([O]P(=O)(CC)CC)[O]P(=O)(CC)CC. The summed E-state index contributed by atoms with van der Waals surface area (Å²) < 4.78 is 77.1. The predicted molar refractivity (Wildman–Crippen MR) is 125 cm³/mol. The second kappa shape index (κ2) is 12.7. The molecule has 0 spiro atoms. The second-order valence-electron chi connectivity index (χ2n) is 6.65. The minimum absolute atomic E-state index is 0.186. The van der Waals surface area contributed by atoms with E-state index in [-0.39, 0.29) is 49.3 Å². The van der Waals surface area contributed by atoms with E-state index in [1.54, 1.807) is 55.4 Å². The first-order valence-corrected chi connectivity index (χ1v) is 23.1. The Bertz CT molecular complexity index is 549. The van der Waals surface area contributed by atoms with Gasteiger partial charge in [0.1, 0.15) is 0 Å². The molecular weight excluding hydrogens is 563 g/mol. The van der Waals surface area contributed by atoms with E-state index >= 15 is 0 Å². The molecule has 0 fully saturated rings. The summed E-state index contributed by atoms with van der Waals surface area (Å²) in [6.07, 6.45) is 1.49. The zero-order valence-electron chi connectivity index (χ0n) is 19.2. The summed E-state index contributed by atoms with van der Waals surface area (Å²) in [5.74, 6) is 0. The van der Waals surface area contributed by atoms with Crippen LogP contribution in [-0.4, -0.2) is 69.3 Å². The fraction of sp³-hybridized carbons (Fsp3) is 1.00. The Morgan fingerprint density at radius 2 is 0.552 bits per heavy atom. The summed E-state index contributed by atoms with van der Waals surface area (Å²) in [6, 6.07) is 0. The molecule has 0 N–H and O–H groups in total. The van der Waals surface area contributed by atoms with Crippen LogP contribution in [0.3, 0.4) is 0 Å². The Morgan fingerprint density at radius 3 is 0.655 bits per heavy atom. The molecule has 0 saturated heterocycles. The van der Waals surface area contributed by atoms with Crippen molar-refractivity contribution in [1.29, 1.82) is 0 Å². The molecule has 0 rings (SSSR count). The molecule has 29 heavy (non-hydrogen) atoms. The van der Waals surface area contributed by atoms with Crippen LogP contribution in [0.5, 0.6) is 0 Å². The third-order valence-electron chi connectivity index (χ3n) is 4.97. The van der Waals surface area contributed by atoms with Crippen molar-refractivity contribution in [2.45, 2.75) is 55.4 Å². The van der Waals surface area contributed by atoms with E-state index in [1.807, 2.05) is 0 Å². The molecular formula is C16H40O8P4Sn. The summed E-state index contributed by atoms with van der Waals surface area (Å²) in [5, 5.41) is 0.